The molecule has 2 N–H and O–H groups in total. The number of aliphatic carboxylic acids is 1. The lowest BCUT2D eigenvalue weighted by Crippen LogP contribution is -2.04. The SMILES string of the molecule is CCCCCC[C@@H](O)C/C=C\CCCCCCCCOC(=O)/C=C\C(=O)O. The Kier molecular flexibility index (Phi) is 18.0. The van der Waals surface area contributed by atoms with Crippen LogP contribution in [0.15, 0.2) is 24.3 Å². The van der Waals surface area contributed by atoms with E-state index >= 15 is 0 Å². The number of hydrogen-bond donors (Lipinski definition) is 2. The molecule has 0 aromatic rings. The number of carboxylic acid groups (broad SMARTS) is 1. The van der Waals surface area contributed by atoms with Crippen LogP contribution < -0.4 is 0 Å². The Labute approximate surface area is 164 Å². The molecule has 0 radical (unpaired) electrons. The zero-order chi connectivity index (χ0) is 20.2. The summed E-state index contributed by atoms with van der Waals surface area (Å²) in [5.74, 6) is -1.75. The molecule has 0 fully saturated rings. The number of hydrogen-bond acceptors (Lipinski definition) is 4. The van der Waals surface area contributed by atoms with E-state index in [2.05, 4.69) is 19.1 Å². The van der Waals surface area contributed by atoms with E-state index in [-0.39, 0.29) is 6.10 Å². The van der Waals surface area contributed by atoms with Crippen molar-refractivity contribution in [3.8, 4) is 0 Å². The second kappa shape index (κ2) is 19.2. The van der Waals surface area contributed by atoms with Gasteiger partial charge in [0.15, 0.2) is 0 Å². The van der Waals surface area contributed by atoms with Gasteiger partial charge in [0.1, 0.15) is 0 Å². The van der Waals surface area contributed by atoms with Crippen LogP contribution in [0.1, 0.15) is 90.4 Å². The maximum absolute atomic E-state index is 11.1. The highest BCUT2D eigenvalue weighted by atomic mass is 16.5. The Balaban J connectivity index is 3.35. The quantitative estimate of drug-likeness (QED) is 0.148. The monoisotopic (exact) mass is 382 g/mol. The highest BCUT2D eigenvalue weighted by Gasteiger charge is 2.01. The summed E-state index contributed by atoms with van der Waals surface area (Å²) in [5.41, 5.74) is 0. The van der Waals surface area contributed by atoms with Gasteiger partial charge in [-0.1, -0.05) is 70.4 Å². The van der Waals surface area contributed by atoms with Crippen LogP contribution in [-0.2, 0) is 14.3 Å². The summed E-state index contributed by atoms with van der Waals surface area (Å²) in [4.78, 5) is 21.4. The summed E-state index contributed by atoms with van der Waals surface area (Å²) in [6.45, 7) is 2.54. The average molecular weight is 383 g/mol. The lowest BCUT2D eigenvalue weighted by atomic mass is 10.1. The molecule has 0 unspecified atom stereocenters. The van der Waals surface area contributed by atoms with Gasteiger partial charge in [-0.05, 0) is 32.1 Å². The minimum atomic E-state index is -1.15. The van der Waals surface area contributed by atoms with Crippen LogP contribution in [0.3, 0.4) is 0 Å². The fourth-order valence-electron chi connectivity index (χ4n) is 2.73. The molecular weight excluding hydrogens is 344 g/mol. The van der Waals surface area contributed by atoms with Crippen LogP contribution in [0, 0.1) is 0 Å². The molecule has 156 valence electrons. The summed E-state index contributed by atoms with van der Waals surface area (Å²) >= 11 is 0. The second-order valence-corrected chi connectivity index (χ2v) is 6.96. The van der Waals surface area contributed by atoms with Crippen molar-refractivity contribution >= 4 is 11.9 Å². The molecule has 0 aliphatic rings. The topological polar surface area (TPSA) is 83.8 Å². The normalized spacial score (nSPS) is 12.7. The summed E-state index contributed by atoms with van der Waals surface area (Å²) in [7, 11) is 0. The van der Waals surface area contributed by atoms with E-state index in [0.717, 1.165) is 63.5 Å². The third kappa shape index (κ3) is 20.5. The molecule has 0 aromatic heterocycles. The Hall–Kier alpha value is -1.62. The van der Waals surface area contributed by atoms with Crippen molar-refractivity contribution in [1.82, 2.24) is 0 Å². The van der Waals surface area contributed by atoms with Crippen molar-refractivity contribution in [2.24, 2.45) is 0 Å². The molecule has 27 heavy (non-hydrogen) atoms. The molecule has 0 aliphatic heterocycles. The molecule has 0 spiro atoms. The van der Waals surface area contributed by atoms with Crippen molar-refractivity contribution in [1.29, 1.82) is 0 Å². The number of rotatable bonds is 18. The Morgan fingerprint density at radius 2 is 1.56 bits per heavy atom. The summed E-state index contributed by atoms with van der Waals surface area (Å²) in [5, 5.41) is 18.3. The third-order valence-electron chi connectivity index (χ3n) is 4.34. The molecule has 0 saturated carbocycles. The van der Waals surface area contributed by atoms with E-state index in [1.54, 1.807) is 0 Å². The van der Waals surface area contributed by atoms with Gasteiger partial charge >= 0.3 is 11.9 Å². The first-order valence-corrected chi connectivity index (χ1v) is 10.5. The van der Waals surface area contributed by atoms with E-state index in [1.807, 2.05) is 0 Å². The van der Waals surface area contributed by atoms with Gasteiger partial charge in [-0.3, -0.25) is 0 Å². The number of carboxylic acids is 1. The number of carbonyl (C=O) groups is 2. The van der Waals surface area contributed by atoms with Crippen LogP contribution in [0.4, 0.5) is 0 Å². The Morgan fingerprint density at radius 1 is 0.889 bits per heavy atom. The standard InChI is InChI=1S/C22H38O5/c1-2-3-4-12-15-20(23)16-13-10-8-6-5-7-9-11-14-19-27-22(26)18-17-21(24)25/h10,13,17-18,20,23H,2-9,11-12,14-16,19H2,1H3,(H,24,25)/b13-10-,18-17-/t20-/m1/s1. The molecule has 1 atom stereocenters. The highest BCUT2D eigenvalue weighted by molar-refractivity contribution is 5.90. The van der Waals surface area contributed by atoms with Gasteiger partial charge in [-0.2, -0.15) is 0 Å². The first-order chi connectivity index (χ1) is 13.1. The first kappa shape index (κ1) is 25.4. The van der Waals surface area contributed by atoms with Crippen molar-refractivity contribution in [3.63, 3.8) is 0 Å². The number of esters is 1. The summed E-state index contributed by atoms with van der Waals surface area (Å²) in [6.07, 6.45) is 19.9. The molecule has 5 heteroatoms. The van der Waals surface area contributed by atoms with Crippen LogP contribution in [0.2, 0.25) is 0 Å². The fourth-order valence-corrected chi connectivity index (χ4v) is 2.73. The van der Waals surface area contributed by atoms with Gasteiger partial charge in [0.2, 0.25) is 0 Å². The molecule has 0 bridgehead atoms. The molecule has 0 saturated heterocycles. The van der Waals surface area contributed by atoms with Crippen molar-refractivity contribution in [3.05, 3.63) is 24.3 Å². The van der Waals surface area contributed by atoms with Gasteiger partial charge in [-0.25, -0.2) is 9.59 Å². The van der Waals surface area contributed by atoms with Gasteiger partial charge in [0.25, 0.3) is 0 Å². The molecule has 0 aliphatic carbocycles. The molecule has 0 heterocycles. The zero-order valence-corrected chi connectivity index (χ0v) is 16.9. The number of allylic oxidation sites excluding steroid dienone is 1. The first-order valence-electron chi connectivity index (χ1n) is 10.5. The minimum absolute atomic E-state index is 0.188. The van der Waals surface area contributed by atoms with E-state index in [1.165, 1.54) is 32.1 Å². The van der Waals surface area contributed by atoms with Crippen molar-refractivity contribution in [2.75, 3.05) is 6.61 Å². The Bertz CT molecular complexity index is 428. The van der Waals surface area contributed by atoms with E-state index < -0.39 is 11.9 Å². The van der Waals surface area contributed by atoms with Crippen LogP contribution >= 0.6 is 0 Å². The van der Waals surface area contributed by atoms with Gasteiger partial charge < -0.3 is 14.9 Å². The molecule has 0 amide bonds. The number of aliphatic hydroxyl groups excluding tert-OH is 1. The molecule has 0 rings (SSSR count). The summed E-state index contributed by atoms with van der Waals surface area (Å²) < 4.78 is 4.90. The summed E-state index contributed by atoms with van der Waals surface area (Å²) in [6, 6.07) is 0. The number of aliphatic hydroxyl groups is 1. The van der Waals surface area contributed by atoms with E-state index in [9.17, 15) is 14.7 Å². The maximum Gasteiger partial charge on any atom is 0.331 e. The minimum Gasteiger partial charge on any atom is -0.478 e. The molecule has 0 aromatic carbocycles. The van der Waals surface area contributed by atoms with Crippen LogP contribution in [0.25, 0.3) is 0 Å². The largest absolute Gasteiger partial charge is 0.478 e. The van der Waals surface area contributed by atoms with Crippen molar-refractivity contribution < 1.29 is 24.5 Å². The maximum atomic E-state index is 11.1. The molecular formula is C22H38O5. The number of carbonyl (C=O) groups excluding carboxylic acids is 1. The van der Waals surface area contributed by atoms with Gasteiger partial charge in [0.05, 0.1) is 12.7 Å². The predicted octanol–water partition coefficient (Wildman–Crippen LogP) is 5.18. The average Bonchev–Trinajstić information content (AvgIpc) is 2.64. The van der Waals surface area contributed by atoms with Crippen LogP contribution in [-0.4, -0.2) is 34.9 Å². The highest BCUT2D eigenvalue weighted by Crippen LogP contribution is 2.10. The lowest BCUT2D eigenvalue weighted by Gasteiger charge is -2.07. The zero-order valence-electron chi connectivity index (χ0n) is 16.9. The van der Waals surface area contributed by atoms with E-state index in [4.69, 9.17) is 9.84 Å². The van der Waals surface area contributed by atoms with Crippen molar-refractivity contribution in [2.45, 2.75) is 96.5 Å². The predicted molar refractivity (Wildman–Crippen MR) is 109 cm³/mol. The van der Waals surface area contributed by atoms with Gasteiger partial charge in [-0.15, -0.1) is 0 Å². The fraction of sp³-hybridized carbons (Fsp3) is 0.727. The second-order valence-electron chi connectivity index (χ2n) is 6.96. The number of ether oxygens (including phenoxy) is 1. The van der Waals surface area contributed by atoms with Gasteiger partial charge in [0, 0.05) is 12.2 Å². The smallest absolute Gasteiger partial charge is 0.331 e. The lowest BCUT2D eigenvalue weighted by molar-refractivity contribution is -0.138. The van der Waals surface area contributed by atoms with Crippen LogP contribution in [0.5, 0.6) is 0 Å². The van der Waals surface area contributed by atoms with E-state index in [0.29, 0.717) is 6.61 Å². The molecule has 5 nitrogen and oxygen atoms in total. The number of unbranched alkanes of at least 4 members (excludes halogenated alkanes) is 9. The third-order valence-corrected chi connectivity index (χ3v) is 4.34. The Morgan fingerprint density at radius 3 is 2.26 bits per heavy atom.